The van der Waals surface area contributed by atoms with Gasteiger partial charge in [0.1, 0.15) is 0 Å². The lowest BCUT2D eigenvalue weighted by Gasteiger charge is -2.26. The first-order chi connectivity index (χ1) is 9.16. The van der Waals surface area contributed by atoms with Gasteiger partial charge >= 0.3 is 0 Å². The smallest absolute Gasteiger partial charge is 0.209 e. The summed E-state index contributed by atoms with van der Waals surface area (Å²) in [4.78, 5) is 0. The number of nitrogens with one attached hydrogen (secondary N) is 2. The van der Waals surface area contributed by atoms with E-state index in [1.165, 1.54) is 0 Å². The zero-order valence-corrected chi connectivity index (χ0v) is 13.6. The first kappa shape index (κ1) is 19.8. The second kappa shape index (κ2) is 9.64. The Kier molecular flexibility index (Phi) is 9.52. The van der Waals surface area contributed by atoms with Gasteiger partial charge in [-0.15, -0.1) is 0 Å². The molecule has 0 aromatic rings. The molecule has 0 aromatic carbocycles. The standard InChI is InChI=1S/C12H28N2O5S/c1-5-18-6-7-19-9-11(15)8-13-10-12(2,3)14-20(4,16)17/h11,13-15H,5-10H2,1-4H3. The molecule has 0 saturated heterocycles. The minimum absolute atomic E-state index is 0.222. The molecule has 0 fully saturated rings. The van der Waals surface area contributed by atoms with Crippen LogP contribution in [0.2, 0.25) is 0 Å². The number of hydrogen-bond donors (Lipinski definition) is 3. The third-order valence-electron chi connectivity index (χ3n) is 2.29. The molecule has 0 heterocycles. The van der Waals surface area contributed by atoms with E-state index >= 15 is 0 Å². The second-order valence-electron chi connectivity index (χ2n) is 5.31. The van der Waals surface area contributed by atoms with Crippen molar-refractivity contribution >= 4 is 10.0 Å². The number of hydrogen-bond acceptors (Lipinski definition) is 6. The average molecular weight is 312 g/mol. The SMILES string of the molecule is CCOCCOCC(O)CNCC(C)(C)NS(C)(=O)=O. The predicted octanol–water partition coefficient (Wildman–Crippen LogP) is -0.682. The van der Waals surface area contributed by atoms with Gasteiger partial charge < -0.3 is 19.9 Å². The van der Waals surface area contributed by atoms with Crippen LogP contribution >= 0.6 is 0 Å². The number of ether oxygens (including phenoxy) is 2. The van der Waals surface area contributed by atoms with E-state index in [2.05, 4.69) is 10.0 Å². The Morgan fingerprint density at radius 1 is 1.25 bits per heavy atom. The lowest BCUT2D eigenvalue weighted by Crippen LogP contribution is -2.51. The van der Waals surface area contributed by atoms with Crippen molar-refractivity contribution in [3.05, 3.63) is 0 Å². The van der Waals surface area contributed by atoms with Crippen LogP contribution in [0, 0.1) is 0 Å². The molecule has 0 rings (SSSR count). The minimum Gasteiger partial charge on any atom is -0.389 e. The molecule has 0 aromatic heterocycles. The maximum Gasteiger partial charge on any atom is 0.209 e. The fraction of sp³-hybridized carbons (Fsp3) is 1.00. The average Bonchev–Trinajstić information content (AvgIpc) is 2.25. The Morgan fingerprint density at radius 2 is 1.85 bits per heavy atom. The van der Waals surface area contributed by atoms with E-state index < -0.39 is 21.7 Å². The molecular formula is C12H28N2O5S. The van der Waals surface area contributed by atoms with Gasteiger partial charge in [-0.05, 0) is 20.8 Å². The molecule has 0 aliphatic heterocycles. The summed E-state index contributed by atoms with van der Waals surface area (Å²) in [6, 6.07) is 0. The Morgan fingerprint density at radius 3 is 2.40 bits per heavy atom. The molecule has 1 unspecified atom stereocenters. The lowest BCUT2D eigenvalue weighted by atomic mass is 10.1. The highest BCUT2D eigenvalue weighted by Crippen LogP contribution is 2.01. The molecule has 0 amide bonds. The summed E-state index contributed by atoms with van der Waals surface area (Å²) in [7, 11) is -3.25. The van der Waals surface area contributed by atoms with Gasteiger partial charge in [0.25, 0.3) is 0 Å². The summed E-state index contributed by atoms with van der Waals surface area (Å²) in [5, 5.41) is 12.7. The molecule has 8 heteroatoms. The Labute approximate surface area is 122 Å². The molecule has 7 nitrogen and oxygen atoms in total. The summed E-state index contributed by atoms with van der Waals surface area (Å²) in [5.41, 5.74) is -0.608. The molecule has 0 saturated carbocycles. The summed E-state index contributed by atoms with van der Waals surface area (Å²) in [5.74, 6) is 0. The van der Waals surface area contributed by atoms with Crippen LogP contribution < -0.4 is 10.0 Å². The van der Waals surface area contributed by atoms with E-state index in [0.717, 1.165) is 6.26 Å². The predicted molar refractivity (Wildman–Crippen MR) is 78.2 cm³/mol. The number of rotatable bonds is 12. The highest BCUT2D eigenvalue weighted by Gasteiger charge is 2.21. The van der Waals surface area contributed by atoms with Crippen LogP contribution in [-0.2, 0) is 19.5 Å². The van der Waals surface area contributed by atoms with Crippen molar-refractivity contribution in [2.75, 3.05) is 45.8 Å². The Bertz CT molecular complexity index is 346. The first-order valence-corrected chi connectivity index (χ1v) is 8.58. The van der Waals surface area contributed by atoms with Crippen molar-refractivity contribution in [1.82, 2.24) is 10.0 Å². The van der Waals surface area contributed by atoms with E-state index in [9.17, 15) is 13.5 Å². The lowest BCUT2D eigenvalue weighted by molar-refractivity contribution is 0.00626. The largest absolute Gasteiger partial charge is 0.389 e. The van der Waals surface area contributed by atoms with Crippen molar-refractivity contribution in [3.63, 3.8) is 0 Å². The third kappa shape index (κ3) is 12.8. The topological polar surface area (TPSA) is 96.9 Å². The Balaban J connectivity index is 3.72. The van der Waals surface area contributed by atoms with Crippen LogP contribution in [0.15, 0.2) is 0 Å². The highest BCUT2D eigenvalue weighted by atomic mass is 32.2. The van der Waals surface area contributed by atoms with Crippen LogP contribution in [0.1, 0.15) is 20.8 Å². The summed E-state index contributed by atoms with van der Waals surface area (Å²) >= 11 is 0. The van der Waals surface area contributed by atoms with E-state index in [1.54, 1.807) is 13.8 Å². The van der Waals surface area contributed by atoms with Gasteiger partial charge in [-0.2, -0.15) is 0 Å². The second-order valence-corrected chi connectivity index (χ2v) is 7.06. The van der Waals surface area contributed by atoms with E-state index in [-0.39, 0.29) is 6.61 Å². The van der Waals surface area contributed by atoms with E-state index in [1.807, 2.05) is 6.92 Å². The normalized spacial score (nSPS) is 14.4. The fourth-order valence-corrected chi connectivity index (χ4v) is 2.71. The maximum atomic E-state index is 11.2. The van der Waals surface area contributed by atoms with Crippen LogP contribution in [0.3, 0.4) is 0 Å². The van der Waals surface area contributed by atoms with Gasteiger partial charge in [-0.3, -0.25) is 0 Å². The van der Waals surface area contributed by atoms with Crippen molar-refractivity contribution < 1.29 is 23.0 Å². The number of aliphatic hydroxyl groups is 1. The van der Waals surface area contributed by atoms with Crippen molar-refractivity contribution in [1.29, 1.82) is 0 Å². The molecule has 122 valence electrons. The van der Waals surface area contributed by atoms with E-state index in [4.69, 9.17) is 9.47 Å². The van der Waals surface area contributed by atoms with Gasteiger partial charge in [0.05, 0.1) is 32.2 Å². The third-order valence-corrected chi connectivity index (χ3v) is 3.22. The van der Waals surface area contributed by atoms with Crippen LogP contribution in [0.4, 0.5) is 0 Å². The summed E-state index contributed by atoms with van der Waals surface area (Å²) in [6.07, 6.45) is 0.487. The maximum absolute atomic E-state index is 11.2. The Hall–Kier alpha value is -0.250. The van der Waals surface area contributed by atoms with Gasteiger partial charge in [0, 0.05) is 25.2 Å². The van der Waals surface area contributed by atoms with Crippen LogP contribution in [-0.4, -0.2) is 70.9 Å². The zero-order chi connectivity index (χ0) is 15.6. The molecular weight excluding hydrogens is 284 g/mol. The molecule has 0 bridgehead atoms. The zero-order valence-electron chi connectivity index (χ0n) is 12.8. The van der Waals surface area contributed by atoms with Gasteiger partial charge in [-0.25, -0.2) is 13.1 Å². The summed E-state index contributed by atoms with van der Waals surface area (Å²) in [6.45, 7) is 8.03. The molecule has 0 aliphatic carbocycles. The molecule has 1 atom stereocenters. The van der Waals surface area contributed by atoms with Gasteiger partial charge in [0.15, 0.2) is 0 Å². The first-order valence-electron chi connectivity index (χ1n) is 6.69. The van der Waals surface area contributed by atoms with E-state index in [0.29, 0.717) is 32.9 Å². The highest BCUT2D eigenvalue weighted by molar-refractivity contribution is 7.88. The van der Waals surface area contributed by atoms with Gasteiger partial charge in [0.2, 0.25) is 10.0 Å². The molecule has 0 spiro atoms. The quantitative estimate of drug-likeness (QED) is 0.413. The van der Waals surface area contributed by atoms with Gasteiger partial charge in [-0.1, -0.05) is 0 Å². The van der Waals surface area contributed by atoms with Crippen LogP contribution in [0.5, 0.6) is 0 Å². The van der Waals surface area contributed by atoms with Crippen molar-refractivity contribution in [2.24, 2.45) is 0 Å². The molecule has 20 heavy (non-hydrogen) atoms. The minimum atomic E-state index is -3.25. The number of sulfonamides is 1. The fourth-order valence-electron chi connectivity index (χ4n) is 1.63. The summed E-state index contributed by atoms with van der Waals surface area (Å²) < 4.78 is 35.2. The van der Waals surface area contributed by atoms with Crippen LogP contribution in [0.25, 0.3) is 0 Å². The molecule has 3 N–H and O–H groups in total. The van der Waals surface area contributed by atoms with Crippen molar-refractivity contribution in [3.8, 4) is 0 Å². The number of aliphatic hydroxyl groups excluding tert-OH is 1. The molecule has 0 aliphatic rings. The molecule has 0 radical (unpaired) electrons. The van der Waals surface area contributed by atoms with Crippen molar-refractivity contribution in [2.45, 2.75) is 32.4 Å². The monoisotopic (exact) mass is 312 g/mol.